The molecule has 0 bridgehead atoms. The lowest BCUT2D eigenvalue weighted by atomic mass is 9.77. The van der Waals surface area contributed by atoms with Crippen molar-refractivity contribution in [2.24, 2.45) is 11.3 Å². The number of allylic oxidation sites excluding steroid dienone is 1. The van der Waals surface area contributed by atoms with Crippen LogP contribution in [0.5, 0.6) is 5.75 Å². The molecule has 0 aromatic heterocycles. The number of rotatable bonds is 8. The fourth-order valence-electron chi connectivity index (χ4n) is 4.34. The summed E-state index contributed by atoms with van der Waals surface area (Å²) >= 11 is 0. The lowest BCUT2D eigenvalue weighted by Crippen LogP contribution is -2.59. The number of fused-ring (bicyclic) bond motifs is 1. The molecule has 1 aromatic carbocycles. The Morgan fingerprint density at radius 2 is 2.07 bits per heavy atom. The number of ether oxygens (including phenoxy) is 1. The van der Waals surface area contributed by atoms with E-state index in [2.05, 4.69) is 18.7 Å². The van der Waals surface area contributed by atoms with Crippen LogP contribution in [0.3, 0.4) is 0 Å². The van der Waals surface area contributed by atoms with Gasteiger partial charge in [0.1, 0.15) is 12.0 Å². The quantitative estimate of drug-likeness (QED) is 0.521. The van der Waals surface area contributed by atoms with Gasteiger partial charge in [0.2, 0.25) is 0 Å². The smallest absolute Gasteiger partial charge is 0.389 e. The molecule has 1 aliphatic heterocycles. The first kappa shape index (κ1) is 21.8. The molecule has 1 aliphatic carbocycles. The van der Waals surface area contributed by atoms with Crippen LogP contribution >= 0.6 is 0 Å². The van der Waals surface area contributed by atoms with Crippen molar-refractivity contribution in [1.82, 2.24) is 4.90 Å². The Morgan fingerprint density at radius 3 is 2.69 bits per heavy atom. The molecule has 1 saturated heterocycles. The molecule has 4 nitrogen and oxygen atoms in total. The van der Waals surface area contributed by atoms with Crippen molar-refractivity contribution in [3.05, 3.63) is 34.9 Å². The fraction of sp³-hybridized carbons (Fsp3) is 0.591. The van der Waals surface area contributed by atoms with Gasteiger partial charge < -0.3 is 14.6 Å². The molecule has 160 valence electrons. The lowest BCUT2D eigenvalue weighted by molar-refractivity contribution is -0.136. The molecule has 1 fully saturated rings. The number of nitrogens with zero attached hydrogens (tertiary/aromatic N) is 1. The second-order valence-corrected chi connectivity index (χ2v) is 8.43. The average molecular weight is 411 g/mol. The summed E-state index contributed by atoms with van der Waals surface area (Å²) in [6, 6.07) is 5.73. The summed E-state index contributed by atoms with van der Waals surface area (Å²) in [6.07, 6.45) is -3.33. The Hall–Kier alpha value is -1.86. The topological polar surface area (TPSA) is 49.8 Å². The van der Waals surface area contributed by atoms with Gasteiger partial charge in [0, 0.05) is 26.1 Å². The second-order valence-electron chi connectivity index (χ2n) is 8.43. The molecule has 0 unspecified atom stereocenters. The number of hydrogen-bond donors (Lipinski definition) is 1. The molecule has 29 heavy (non-hydrogen) atoms. The largest absolute Gasteiger partial charge is 0.494 e. The third-order valence-electron chi connectivity index (χ3n) is 5.99. The Kier molecular flexibility index (Phi) is 6.39. The van der Waals surface area contributed by atoms with Crippen LogP contribution in [0.2, 0.25) is 0 Å². The van der Waals surface area contributed by atoms with Gasteiger partial charge in [-0.1, -0.05) is 13.0 Å². The highest BCUT2D eigenvalue weighted by molar-refractivity contribution is 5.73. The van der Waals surface area contributed by atoms with E-state index in [0.29, 0.717) is 24.8 Å². The lowest BCUT2D eigenvalue weighted by Gasteiger charge is -2.47. The van der Waals surface area contributed by atoms with Crippen molar-refractivity contribution in [1.29, 1.82) is 0 Å². The van der Waals surface area contributed by atoms with E-state index >= 15 is 0 Å². The van der Waals surface area contributed by atoms with E-state index in [1.54, 1.807) is 0 Å². The normalized spacial score (nSPS) is 21.5. The highest BCUT2D eigenvalue weighted by Gasteiger charge is 2.43. The molecule has 0 radical (unpaired) electrons. The van der Waals surface area contributed by atoms with Crippen LogP contribution in [-0.4, -0.2) is 55.3 Å². The van der Waals surface area contributed by atoms with Gasteiger partial charge in [0.15, 0.2) is 0 Å². The molecular formula is C22H28F3NO3. The number of halogens is 3. The summed E-state index contributed by atoms with van der Waals surface area (Å²) in [6.45, 7) is 6.12. The zero-order valence-corrected chi connectivity index (χ0v) is 16.9. The predicted molar refractivity (Wildman–Crippen MR) is 105 cm³/mol. The Labute approximate surface area is 169 Å². The molecule has 1 heterocycles. The Bertz CT molecular complexity index is 782. The first-order valence-corrected chi connectivity index (χ1v) is 9.98. The number of carbonyl (C=O) groups excluding carboxylic acids is 1. The van der Waals surface area contributed by atoms with Crippen LogP contribution in [0.4, 0.5) is 13.2 Å². The first-order chi connectivity index (χ1) is 13.7. The molecule has 0 saturated carbocycles. The minimum absolute atomic E-state index is 0.0478. The van der Waals surface area contributed by atoms with Gasteiger partial charge in [-0.3, -0.25) is 4.90 Å². The van der Waals surface area contributed by atoms with Crippen molar-refractivity contribution < 1.29 is 27.8 Å². The standard InChI is InChI=1S/C22H28F3NO3/c1-15-8-17-9-18(29-7-3-6-22(23,24)25)4-5-19(17)16(2)20(15)10-26-11-21(12-26,13-27)14-28/h4-5,9,13,15,28H,3,6-8,10-12,14H2,1-2H3/t15-/m0/s1. The van der Waals surface area contributed by atoms with E-state index in [1.165, 1.54) is 11.1 Å². The molecule has 7 heteroatoms. The van der Waals surface area contributed by atoms with Gasteiger partial charge in [-0.2, -0.15) is 13.2 Å². The van der Waals surface area contributed by atoms with Crippen molar-refractivity contribution in [2.45, 2.75) is 39.3 Å². The van der Waals surface area contributed by atoms with Crippen LogP contribution in [0, 0.1) is 11.3 Å². The van der Waals surface area contributed by atoms with Gasteiger partial charge in [-0.05, 0) is 60.1 Å². The summed E-state index contributed by atoms with van der Waals surface area (Å²) in [7, 11) is 0. The number of likely N-dealkylation sites (tertiary alicyclic amines) is 1. The molecule has 3 rings (SSSR count). The molecule has 2 aliphatic rings. The van der Waals surface area contributed by atoms with Gasteiger partial charge in [-0.25, -0.2) is 0 Å². The van der Waals surface area contributed by atoms with Crippen molar-refractivity contribution in [2.75, 3.05) is 32.8 Å². The van der Waals surface area contributed by atoms with Gasteiger partial charge in [-0.15, -0.1) is 0 Å². The summed E-state index contributed by atoms with van der Waals surface area (Å²) in [5.41, 5.74) is 4.21. The third kappa shape index (κ3) is 5.01. The van der Waals surface area contributed by atoms with Gasteiger partial charge in [0.25, 0.3) is 0 Å². The average Bonchev–Trinajstić information content (AvgIpc) is 2.63. The number of aldehydes is 1. The van der Waals surface area contributed by atoms with E-state index in [0.717, 1.165) is 30.4 Å². The maximum atomic E-state index is 12.2. The van der Waals surface area contributed by atoms with Crippen LogP contribution in [0.1, 0.15) is 37.8 Å². The molecule has 1 aromatic rings. The van der Waals surface area contributed by atoms with Gasteiger partial charge >= 0.3 is 6.18 Å². The SMILES string of the molecule is CC1=C(CN2CC(C=O)(CO)C2)[C@@H](C)Cc2cc(OCCCC(F)(F)F)ccc21. The molecular weight excluding hydrogens is 383 g/mol. The van der Waals surface area contributed by atoms with E-state index in [1.807, 2.05) is 18.2 Å². The van der Waals surface area contributed by atoms with Crippen LogP contribution in [0.15, 0.2) is 23.8 Å². The molecule has 1 N–H and O–H groups in total. The highest BCUT2D eigenvalue weighted by atomic mass is 19.4. The second kappa shape index (κ2) is 8.48. The van der Waals surface area contributed by atoms with E-state index in [-0.39, 0.29) is 19.6 Å². The minimum Gasteiger partial charge on any atom is -0.494 e. The van der Waals surface area contributed by atoms with E-state index in [9.17, 15) is 23.1 Å². The number of benzene rings is 1. The van der Waals surface area contributed by atoms with E-state index < -0.39 is 18.0 Å². The summed E-state index contributed by atoms with van der Waals surface area (Å²) < 4.78 is 42.2. The maximum Gasteiger partial charge on any atom is 0.389 e. The summed E-state index contributed by atoms with van der Waals surface area (Å²) in [5.74, 6) is 0.930. The van der Waals surface area contributed by atoms with Crippen LogP contribution < -0.4 is 4.74 Å². The monoisotopic (exact) mass is 411 g/mol. The summed E-state index contributed by atoms with van der Waals surface area (Å²) in [4.78, 5) is 13.4. The number of hydrogen-bond acceptors (Lipinski definition) is 4. The van der Waals surface area contributed by atoms with E-state index in [4.69, 9.17) is 4.74 Å². The van der Waals surface area contributed by atoms with Gasteiger partial charge in [0.05, 0.1) is 18.6 Å². The van der Waals surface area contributed by atoms with Crippen LogP contribution in [0.25, 0.3) is 5.57 Å². The van der Waals surface area contributed by atoms with Crippen molar-refractivity contribution in [3.63, 3.8) is 0 Å². The zero-order valence-electron chi connectivity index (χ0n) is 16.9. The molecule has 0 spiro atoms. The Morgan fingerprint density at radius 1 is 1.34 bits per heavy atom. The first-order valence-electron chi connectivity index (χ1n) is 9.98. The number of aliphatic hydroxyl groups is 1. The fourth-order valence-corrected chi connectivity index (χ4v) is 4.34. The zero-order chi connectivity index (χ0) is 21.2. The van der Waals surface area contributed by atoms with Crippen LogP contribution in [-0.2, 0) is 11.2 Å². The number of aliphatic hydroxyl groups excluding tert-OH is 1. The molecule has 0 amide bonds. The number of carbonyl (C=O) groups is 1. The summed E-state index contributed by atoms with van der Waals surface area (Å²) in [5, 5.41) is 9.40. The third-order valence-corrected chi connectivity index (χ3v) is 5.99. The predicted octanol–water partition coefficient (Wildman–Crippen LogP) is 3.87. The van der Waals surface area contributed by atoms with Crippen molar-refractivity contribution in [3.8, 4) is 5.75 Å². The Balaban J connectivity index is 1.64. The highest BCUT2D eigenvalue weighted by Crippen LogP contribution is 2.38. The molecule has 1 atom stereocenters. The number of alkyl halides is 3. The minimum atomic E-state index is -4.15. The maximum absolute atomic E-state index is 12.2. The van der Waals surface area contributed by atoms with Crippen molar-refractivity contribution >= 4 is 11.9 Å².